The Labute approximate surface area is 214 Å². The number of amides is 3. The predicted molar refractivity (Wildman–Crippen MR) is 120 cm³/mol. The molecule has 3 aromatic rings. The summed E-state index contributed by atoms with van der Waals surface area (Å²) in [5.41, 5.74) is 3.68. The van der Waals surface area contributed by atoms with Crippen LogP contribution in [0, 0.1) is 6.92 Å². The molecule has 2 N–H and O–H groups in total. The fourth-order valence-electron chi connectivity index (χ4n) is 3.57. The smallest absolute Gasteiger partial charge is 0.439 e. The highest BCUT2D eigenvalue weighted by molar-refractivity contribution is 6.28. The van der Waals surface area contributed by atoms with Crippen molar-refractivity contribution in [3.63, 3.8) is 0 Å². The molecule has 2 heterocycles. The van der Waals surface area contributed by atoms with Crippen LogP contribution in [-0.4, -0.2) is 40.3 Å². The second-order valence-corrected chi connectivity index (χ2v) is 7.96. The molecular formula is C23H15F6N5O5. The van der Waals surface area contributed by atoms with Crippen LogP contribution >= 0.6 is 0 Å². The first-order chi connectivity index (χ1) is 18.2. The molecule has 0 spiro atoms. The third kappa shape index (κ3) is 5.53. The minimum absolute atomic E-state index is 0.0535. The van der Waals surface area contributed by atoms with Gasteiger partial charge in [-0.15, -0.1) is 0 Å². The lowest BCUT2D eigenvalue weighted by Crippen LogP contribution is -2.42. The molecule has 1 aliphatic rings. The van der Waals surface area contributed by atoms with Gasteiger partial charge in [0.05, 0.1) is 16.9 Å². The van der Waals surface area contributed by atoms with E-state index in [1.165, 1.54) is 31.2 Å². The Morgan fingerprint density at radius 2 is 1.72 bits per heavy atom. The summed E-state index contributed by atoms with van der Waals surface area (Å²) in [4.78, 5) is 46.2. The summed E-state index contributed by atoms with van der Waals surface area (Å²) in [5, 5.41) is 0. The molecule has 1 atom stereocenters. The zero-order valence-corrected chi connectivity index (χ0v) is 19.4. The van der Waals surface area contributed by atoms with Crippen molar-refractivity contribution in [2.24, 2.45) is 0 Å². The fourth-order valence-corrected chi connectivity index (χ4v) is 3.57. The number of carbonyl (C=O) groups excluding carboxylic acids is 3. The average molecular weight is 555 g/mol. The number of ether oxygens (including phenoxy) is 2. The van der Waals surface area contributed by atoms with Crippen LogP contribution in [0.15, 0.2) is 54.9 Å². The number of rotatable bonds is 5. The number of imide groups is 1. The predicted octanol–water partition coefficient (Wildman–Crippen LogP) is 4.58. The van der Waals surface area contributed by atoms with E-state index in [1.807, 2.05) is 0 Å². The first kappa shape index (κ1) is 27.2. The maximum Gasteiger partial charge on any atom is 0.491 e. The quantitative estimate of drug-likeness (QED) is 0.275. The van der Waals surface area contributed by atoms with Gasteiger partial charge in [-0.1, -0.05) is 6.07 Å². The number of esters is 1. The van der Waals surface area contributed by atoms with Gasteiger partial charge in [-0.2, -0.15) is 26.3 Å². The molecule has 10 nitrogen and oxygen atoms in total. The van der Waals surface area contributed by atoms with Gasteiger partial charge in [0, 0.05) is 6.07 Å². The maximum atomic E-state index is 13.3. The summed E-state index contributed by atoms with van der Waals surface area (Å²) in [5.74, 6) is -3.95. The van der Waals surface area contributed by atoms with Gasteiger partial charge < -0.3 is 15.2 Å². The number of hydrogen-bond acceptors (Lipinski definition) is 8. The van der Waals surface area contributed by atoms with Gasteiger partial charge in [0.15, 0.2) is 0 Å². The highest BCUT2D eigenvalue weighted by Gasteiger charge is 2.53. The number of hydrogen-bond donors (Lipinski definition) is 1. The summed E-state index contributed by atoms with van der Waals surface area (Å²) < 4.78 is 88.4. The van der Waals surface area contributed by atoms with Gasteiger partial charge in [0.25, 0.3) is 12.1 Å². The molecule has 0 radical (unpaired) electrons. The van der Waals surface area contributed by atoms with Crippen LogP contribution in [-0.2, 0) is 20.5 Å². The van der Waals surface area contributed by atoms with Gasteiger partial charge in [0.1, 0.15) is 17.9 Å². The number of urea groups is 1. The lowest BCUT2D eigenvalue weighted by Gasteiger charge is -2.23. The van der Waals surface area contributed by atoms with Crippen molar-refractivity contribution in [1.29, 1.82) is 0 Å². The first-order valence-electron chi connectivity index (χ1n) is 10.6. The number of halogens is 6. The number of nitrogen functional groups attached to an aromatic ring is 1. The Morgan fingerprint density at radius 3 is 2.33 bits per heavy atom. The highest BCUT2D eigenvalue weighted by Crippen LogP contribution is 2.37. The molecule has 39 heavy (non-hydrogen) atoms. The first-order valence-corrected chi connectivity index (χ1v) is 10.6. The van der Waals surface area contributed by atoms with Crippen molar-refractivity contribution in [1.82, 2.24) is 9.97 Å². The second kappa shape index (κ2) is 9.77. The number of aromatic nitrogens is 2. The van der Waals surface area contributed by atoms with E-state index in [0.29, 0.717) is 17.0 Å². The molecule has 1 unspecified atom stereocenters. The standard InChI is InChI=1S/C23H15F6N5O5/c1-11-7-14(38-17-9-16(30)31-10-32-17)5-6-15(11)34-18(35)19(39-20(36)23(27,28)29)33(21(34)37)13-4-2-3-12(8-13)22(24,25)26/h2-10,19H,1H3,(H2,30,31,32). The summed E-state index contributed by atoms with van der Waals surface area (Å²) in [7, 11) is 0. The van der Waals surface area contributed by atoms with Crippen LogP contribution < -0.4 is 20.3 Å². The van der Waals surface area contributed by atoms with Crippen molar-refractivity contribution >= 4 is 35.1 Å². The summed E-state index contributed by atoms with van der Waals surface area (Å²) in [6, 6.07) is 6.66. The van der Waals surface area contributed by atoms with E-state index < -0.39 is 47.7 Å². The number of aryl methyl sites for hydroxylation is 1. The number of anilines is 3. The van der Waals surface area contributed by atoms with Crippen molar-refractivity contribution < 1.29 is 50.2 Å². The molecule has 1 aromatic heterocycles. The Morgan fingerprint density at radius 1 is 1.00 bits per heavy atom. The molecule has 0 bridgehead atoms. The molecule has 16 heteroatoms. The number of benzene rings is 2. The molecule has 1 aliphatic heterocycles. The van der Waals surface area contributed by atoms with Crippen LogP contribution in [0.25, 0.3) is 0 Å². The van der Waals surface area contributed by atoms with E-state index in [1.54, 1.807) is 0 Å². The van der Waals surface area contributed by atoms with Crippen LogP contribution in [0.1, 0.15) is 11.1 Å². The van der Waals surface area contributed by atoms with E-state index >= 15 is 0 Å². The van der Waals surface area contributed by atoms with Crippen LogP contribution in [0.5, 0.6) is 11.6 Å². The minimum Gasteiger partial charge on any atom is -0.439 e. The number of nitrogens with two attached hydrogens (primary N) is 1. The van der Waals surface area contributed by atoms with Crippen LogP contribution in [0.3, 0.4) is 0 Å². The maximum absolute atomic E-state index is 13.3. The molecule has 0 aliphatic carbocycles. The zero-order valence-electron chi connectivity index (χ0n) is 19.4. The van der Waals surface area contributed by atoms with Gasteiger partial charge in [-0.05, 0) is 48.9 Å². The highest BCUT2D eigenvalue weighted by atomic mass is 19.4. The molecule has 3 amide bonds. The largest absolute Gasteiger partial charge is 0.491 e. The zero-order chi connectivity index (χ0) is 28.7. The Bertz CT molecular complexity index is 1460. The van der Waals surface area contributed by atoms with Crippen LogP contribution in [0.4, 0.5) is 48.3 Å². The summed E-state index contributed by atoms with van der Waals surface area (Å²) in [6.45, 7) is 1.42. The lowest BCUT2D eigenvalue weighted by molar-refractivity contribution is -0.204. The van der Waals surface area contributed by atoms with Crippen molar-refractivity contribution in [3.8, 4) is 11.6 Å². The Balaban J connectivity index is 1.73. The van der Waals surface area contributed by atoms with Gasteiger partial charge in [0.2, 0.25) is 5.88 Å². The van der Waals surface area contributed by atoms with E-state index in [9.17, 15) is 40.7 Å². The number of carbonyl (C=O) groups is 3. The van der Waals surface area contributed by atoms with Crippen LogP contribution in [0.2, 0.25) is 0 Å². The average Bonchev–Trinajstić information content (AvgIpc) is 3.07. The van der Waals surface area contributed by atoms with Gasteiger partial charge in [-0.25, -0.2) is 29.4 Å². The molecule has 204 valence electrons. The molecule has 4 rings (SSSR count). The van der Waals surface area contributed by atoms with E-state index in [4.69, 9.17) is 10.5 Å². The van der Waals surface area contributed by atoms with Crippen molar-refractivity contribution in [3.05, 3.63) is 66.0 Å². The Kier molecular flexibility index (Phi) is 6.80. The molecule has 1 saturated heterocycles. The number of nitrogens with zero attached hydrogens (tertiary/aromatic N) is 4. The molecule has 1 fully saturated rings. The second-order valence-electron chi connectivity index (χ2n) is 7.96. The fraction of sp³-hybridized carbons (Fsp3) is 0.174. The van der Waals surface area contributed by atoms with E-state index in [2.05, 4.69) is 14.7 Å². The molecular weight excluding hydrogens is 540 g/mol. The van der Waals surface area contributed by atoms with Crippen molar-refractivity contribution in [2.75, 3.05) is 15.5 Å². The molecule has 2 aromatic carbocycles. The van der Waals surface area contributed by atoms with E-state index in [-0.39, 0.29) is 33.6 Å². The third-order valence-electron chi connectivity index (χ3n) is 5.26. The Hall–Kier alpha value is -4.89. The number of alkyl halides is 6. The lowest BCUT2D eigenvalue weighted by atomic mass is 10.1. The van der Waals surface area contributed by atoms with Gasteiger partial charge >= 0.3 is 24.4 Å². The minimum atomic E-state index is -5.56. The summed E-state index contributed by atoms with van der Waals surface area (Å²) in [6.07, 6.45) is -11.9. The van der Waals surface area contributed by atoms with E-state index in [0.717, 1.165) is 18.5 Å². The monoisotopic (exact) mass is 555 g/mol. The third-order valence-corrected chi connectivity index (χ3v) is 5.26. The van der Waals surface area contributed by atoms with Gasteiger partial charge in [-0.3, -0.25) is 4.79 Å². The normalized spacial score (nSPS) is 16.0. The topological polar surface area (TPSA) is 128 Å². The molecule has 0 saturated carbocycles. The van der Waals surface area contributed by atoms with Crippen molar-refractivity contribution in [2.45, 2.75) is 25.5 Å². The SMILES string of the molecule is Cc1cc(Oc2cc(N)ncn2)ccc1N1C(=O)C(OC(=O)C(F)(F)F)N(c2cccc(C(F)(F)F)c2)C1=O. The summed E-state index contributed by atoms with van der Waals surface area (Å²) >= 11 is 0.